The average molecular weight is 286 g/mol. The number of rotatable bonds is 3. The highest BCUT2D eigenvalue weighted by Gasteiger charge is 2.29. The number of methoxy groups -OCH3 is 1. The zero-order valence-electron chi connectivity index (χ0n) is 12.0. The summed E-state index contributed by atoms with van der Waals surface area (Å²) in [5.74, 6) is -0.382. The molecule has 1 aromatic rings. The number of hydrogen-bond donors (Lipinski definition) is 0. The van der Waals surface area contributed by atoms with Crippen LogP contribution >= 0.6 is 0 Å². The van der Waals surface area contributed by atoms with E-state index in [2.05, 4.69) is 0 Å². The van der Waals surface area contributed by atoms with Crippen LogP contribution in [0.2, 0.25) is 0 Å². The van der Waals surface area contributed by atoms with Gasteiger partial charge in [-0.1, -0.05) is 0 Å². The molecule has 0 aliphatic carbocycles. The Morgan fingerprint density at radius 2 is 2.05 bits per heavy atom. The van der Waals surface area contributed by atoms with E-state index in [1.165, 1.54) is 7.11 Å². The highest BCUT2D eigenvalue weighted by atomic mass is 16.5. The van der Waals surface area contributed by atoms with Crippen LogP contribution in [0.25, 0.3) is 0 Å². The van der Waals surface area contributed by atoms with Crippen LogP contribution in [0.15, 0.2) is 24.3 Å². The fraction of sp³-hybridized carbons (Fsp3) is 0.438. The molecule has 0 saturated carbocycles. The Labute approximate surface area is 124 Å². The summed E-state index contributed by atoms with van der Waals surface area (Å²) in [5, 5.41) is 8.79. The van der Waals surface area contributed by atoms with Crippen molar-refractivity contribution in [2.24, 2.45) is 0 Å². The van der Waals surface area contributed by atoms with Crippen molar-refractivity contribution in [3.05, 3.63) is 35.4 Å². The van der Waals surface area contributed by atoms with Crippen molar-refractivity contribution in [2.45, 2.75) is 31.7 Å². The number of carbonyl (C=O) groups excluding carboxylic acids is 2. The molecular weight excluding hydrogens is 268 g/mol. The van der Waals surface area contributed by atoms with Gasteiger partial charge in [-0.25, -0.2) is 0 Å². The number of nitrogens with zero attached hydrogens (tertiary/aromatic N) is 2. The van der Waals surface area contributed by atoms with Crippen LogP contribution in [0, 0.1) is 11.3 Å². The quantitative estimate of drug-likeness (QED) is 0.798. The number of piperidine rings is 1. The molecule has 2 rings (SSSR count). The number of carbonyl (C=O) groups is 2. The van der Waals surface area contributed by atoms with Crippen LogP contribution in [0.3, 0.4) is 0 Å². The molecule has 1 amide bonds. The molecule has 0 radical (unpaired) electrons. The van der Waals surface area contributed by atoms with Gasteiger partial charge in [0.2, 0.25) is 0 Å². The van der Waals surface area contributed by atoms with Gasteiger partial charge in [0.05, 0.1) is 25.2 Å². The van der Waals surface area contributed by atoms with E-state index in [-0.39, 0.29) is 24.3 Å². The van der Waals surface area contributed by atoms with Crippen molar-refractivity contribution < 1.29 is 14.3 Å². The van der Waals surface area contributed by atoms with E-state index >= 15 is 0 Å². The third-order valence-electron chi connectivity index (χ3n) is 3.78. The molecule has 5 heteroatoms. The summed E-state index contributed by atoms with van der Waals surface area (Å²) in [6, 6.07) is 8.50. The van der Waals surface area contributed by atoms with Gasteiger partial charge in [0.1, 0.15) is 0 Å². The SMILES string of the molecule is COC(=O)CC1CCCCN1C(=O)c1ccc(C#N)cc1. The zero-order chi connectivity index (χ0) is 15.2. The zero-order valence-corrected chi connectivity index (χ0v) is 12.0. The van der Waals surface area contributed by atoms with Crippen molar-refractivity contribution in [1.82, 2.24) is 4.90 Å². The van der Waals surface area contributed by atoms with Gasteiger partial charge >= 0.3 is 5.97 Å². The maximum Gasteiger partial charge on any atom is 0.307 e. The lowest BCUT2D eigenvalue weighted by molar-refractivity contribution is -0.142. The Morgan fingerprint density at radius 1 is 1.33 bits per heavy atom. The van der Waals surface area contributed by atoms with Crippen LogP contribution in [0.1, 0.15) is 41.6 Å². The maximum absolute atomic E-state index is 12.6. The van der Waals surface area contributed by atoms with Crippen LogP contribution in [-0.4, -0.2) is 36.5 Å². The first-order valence-corrected chi connectivity index (χ1v) is 7.03. The minimum absolute atomic E-state index is 0.0897. The lowest BCUT2D eigenvalue weighted by atomic mass is 9.98. The smallest absolute Gasteiger partial charge is 0.307 e. The molecule has 0 aromatic heterocycles. The molecule has 0 bridgehead atoms. The molecule has 1 aliphatic rings. The monoisotopic (exact) mass is 286 g/mol. The van der Waals surface area contributed by atoms with Gasteiger partial charge < -0.3 is 9.64 Å². The number of amides is 1. The molecule has 21 heavy (non-hydrogen) atoms. The van der Waals surface area contributed by atoms with Gasteiger partial charge in [-0.3, -0.25) is 9.59 Å². The summed E-state index contributed by atoms with van der Waals surface area (Å²) in [6.45, 7) is 0.653. The van der Waals surface area contributed by atoms with E-state index in [1.807, 2.05) is 6.07 Å². The van der Waals surface area contributed by atoms with Gasteiger partial charge in [0.25, 0.3) is 5.91 Å². The molecule has 110 valence electrons. The molecule has 0 N–H and O–H groups in total. The van der Waals surface area contributed by atoms with Crippen LogP contribution in [0.5, 0.6) is 0 Å². The normalized spacial score (nSPS) is 17.9. The van der Waals surface area contributed by atoms with Crippen LogP contribution in [0.4, 0.5) is 0 Å². The fourth-order valence-electron chi connectivity index (χ4n) is 2.61. The highest BCUT2D eigenvalue weighted by Crippen LogP contribution is 2.22. The second-order valence-electron chi connectivity index (χ2n) is 5.12. The first-order valence-electron chi connectivity index (χ1n) is 7.03. The molecule has 1 unspecified atom stereocenters. The predicted molar refractivity (Wildman–Crippen MR) is 76.5 cm³/mol. The Hall–Kier alpha value is -2.35. The second-order valence-corrected chi connectivity index (χ2v) is 5.12. The van der Waals surface area contributed by atoms with Crippen molar-refractivity contribution in [2.75, 3.05) is 13.7 Å². The Kier molecular flexibility index (Phi) is 4.94. The molecule has 1 saturated heterocycles. The van der Waals surface area contributed by atoms with E-state index in [4.69, 9.17) is 10.00 Å². The predicted octanol–water partition coefficient (Wildman–Crippen LogP) is 2.12. The molecular formula is C16H18N2O3. The minimum Gasteiger partial charge on any atom is -0.469 e. The maximum atomic E-state index is 12.6. The van der Waals surface area contributed by atoms with E-state index in [9.17, 15) is 9.59 Å². The number of ether oxygens (including phenoxy) is 1. The first kappa shape index (κ1) is 15.0. The number of nitriles is 1. The molecule has 1 fully saturated rings. The van der Waals surface area contributed by atoms with Crippen molar-refractivity contribution in [3.8, 4) is 6.07 Å². The summed E-state index contributed by atoms with van der Waals surface area (Å²) in [6.07, 6.45) is 3.01. The van der Waals surface area contributed by atoms with E-state index in [0.717, 1.165) is 19.3 Å². The minimum atomic E-state index is -0.292. The summed E-state index contributed by atoms with van der Waals surface area (Å²) in [4.78, 5) is 25.8. The molecule has 1 aliphatic heterocycles. The molecule has 1 atom stereocenters. The van der Waals surface area contributed by atoms with E-state index in [1.54, 1.807) is 29.2 Å². The molecule has 1 aromatic carbocycles. The van der Waals surface area contributed by atoms with Gasteiger partial charge in [-0.2, -0.15) is 5.26 Å². The van der Waals surface area contributed by atoms with E-state index < -0.39 is 0 Å². The number of hydrogen-bond acceptors (Lipinski definition) is 4. The standard InChI is InChI=1S/C16H18N2O3/c1-21-15(19)10-14-4-2-3-9-18(14)16(20)13-7-5-12(11-17)6-8-13/h5-8,14H,2-4,9-10H2,1H3. The Balaban J connectivity index is 2.14. The van der Waals surface area contributed by atoms with Gasteiger partial charge in [-0.15, -0.1) is 0 Å². The van der Waals surface area contributed by atoms with Crippen LogP contribution in [-0.2, 0) is 9.53 Å². The van der Waals surface area contributed by atoms with Gasteiger partial charge in [0, 0.05) is 18.2 Å². The van der Waals surface area contributed by atoms with Crippen LogP contribution < -0.4 is 0 Å². The molecule has 0 spiro atoms. The fourth-order valence-corrected chi connectivity index (χ4v) is 2.61. The lowest BCUT2D eigenvalue weighted by Gasteiger charge is -2.35. The summed E-state index contributed by atoms with van der Waals surface area (Å²) in [5.41, 5.74) is 1.07. The van der Waals surface area contributed by atoms with Crippen molar-refractivity contribution >= 4 is 11.9 Å². The topological polar surface area (TPSA) is 70.4 Å². The van der Waals surface area contributed by atoms with E-state index in [0.29, 0.717) is 17.7 Å². The molecule has 5 nitrogen and oxygen atoms in total. The largest absolute Gasteiger partial charge is 0.469 e. The summed E-state index contributed by atoms with van der Waals surface area (Å²) in [7, 11) is 1.36. The highest BCUT2D eigenvalue weighted by molar-refractivity contribution is 5.94. The first-order chi connectivity index (χ1) is 10.2. The van der Waals surface area contributed by atoms with Gasteiger partial charge in [0.15, 0.2) is 0 Å². The molecule has 1 heterocycles. The third kappa shape index (κ3) is 3.60. The number of esters is 1. The Bertz CT molecular complexity index is 560. The average Bonchev–Trinajstić information content (AvgIpc) is 2.54. The van der Waals surface area contributed by atoms with Crippen molar-refractivity contribution in [1.29, 1.82) is 5.26 Å². The summed E-state index contributed by atoms with van der Waals surface area (Å²) >= 11 is 0. The Morgan fingerprint density at radius 3 is 2.67 bits per heavy atom. The second kappa shape index (κ2) is 6.89. The van der Waals surface area contributed by atoms with Gasteiger partial charge in [-0.05, 0) is 43.5 Å². The summed E-state index contributed by atoms with van der Waals surface area (Å²) < 4.78 is 4.70. The van der Waals surface area contributed by atoms with Crippen molar-refractivity contribution in [3.63, 3.8) is 0 Å². The third-order valence-corrected chi connectivity index (χ3v) is 3.78. The number of benzene rings is 1. The number of likely N-dealkylation sites (tertiary alicyclic amines) is 1. The lowest BCUT2D eigenvalue weighted by Crippen LogP contribution is -2.44.